The number of aromatic hydroxyl groups is 1. The third kappa shape index (κ3) is 5.48. The molecular formula is C19H19Cl2NO3. The van der Waals surface area contributed by atoms with E-state index in [0.717, 1.165) is 5.56 Å². The predicted molar refractivity (Wildman–Crippen MR) is 101 cm³/mol. The number of phenols is 1. The summed E-state index contributed by atoms with van der Waals surface area (Å²) in [6, 6.07) is 10.5. The van der Waals surface area contributed by atoms with Gasteiger partial charge in [-0.2, -0.15) is 0 Å². The van der Waals surface area contributed by atoms with Crippen LogP contribution in [0.5, 0.6) is 5.75 Å². The Kier molecular flexibility index (Phi) is 6.85. The second kappa shape index (κ2) is 8.88. The van der Waals surface area contributed by atoms with Crippen molar-refractivity contribution in [3.63, 3.8) is 0 Å². The van der Waals surface area contributed by atoms with E-state index in [1.54, 1.807) is 31.2 Å². The van der Waals surface area contributed by atoms with E-state index in [2.05, 4.69) is 4.99 Å². The van der Waals surface area contributed by atoms with Gasteiger partial charge in [0.1, 0.15) is 5.75 Å². The van der Waals surface area contributed by atoms with E-state index >= 15 is 0 Å². The minimum Gasteiger partial charge on any atom is -0.507 e. The van der Waals surface area contributed by atoms with Gasteiger partial charge < -0.3 is 10.2 Å². The number of benzene rings is 2. The Labute approximate surface area is 156 Å². The van der Waals surface area contributed by atoms with Gasteiger partial charge in [0.05, 0.1) is 5.71 Å². The van der Waals surface area contributed by atoms with Crippen LogP contribution in [-0.4, -0.2) is 28.4 Å². The second-order valence-electron chi connectivity index (χ2n) is 5.71. The third-order valence-electron chi connectivity index (χ3n) is 3.71. The molecule has 0 saturated heterocycles. The number of carboxylic acids is 1. The fourth-order valence-corrected chi connectivity index (χ4v) is 2.83. The molecule has 0 aliphatic heterocycles. The summed E-state index contributed by atoms with van der Waals surface area (Å²) < 4.78 is 0. The summed E-state index contributed by atoms with van der Waals surface area (Å²) in [5, 5.41) is 20.3. The molecule has 0 bridgehead atoms. The number of unbranched alkanes of at least 4 members (excludes halogenated alkanes) is 1. The van der Waals surface area contributed by atoms with Crippen molar-refractivity contribution >= 4 is 34.9 Å². The highest BCUT2D eigenvalue weighted by molar-refractivity contribution is 6.32. The normalized spacial score (nSPS) is 11.6. The number of carbonyl (C=O) groups is 1. The van der Waals surface area contributed by atoms with Crippen molar-refractivity contribution in [3.05, 3.63) is 63.1 Å². The van der Waals surface area contributed by atoms with Crippen LogP contribution in [0, 0.1) is 6.92 Å². The minimum atomic E-state index is -0.815. The number of aliphatic imine (C=N–C) groups is 1. The molecule has 25 heavy (non-hydrogen) atoms. The average Bonchev–Trinajstić information content (AvgIpc) is 2.55. The lowest BCUT2D eigenvalue weighted by Crippen LogP contribution is -2.06. The molecule has 4 nitrogen and oxygen atoms in total. The van der Waals surface area contributed by atoms with Gasteiger partial charge in [-0.1, -0.05) is 35.3 Å². The molecule has 6 heteroatoms. The number of hydrogen-bond donors (Lipinski definition) is 2. The van der Waals surface area contributed by atoms with Gasteiger partial charge in [-0.3, -0.25) is 9.79 Å². The largest absolute Gasteiger partial charge is 0.507 e. The zero-order valence-electron chi connectivity index (χ0n) is 13.8. The quantitative estimate of drug-likeness (QED) is 0.519. The summed E-state index contributed by atoms with van der Waals surface area (Å²) in [4.78, 5) is 15.2. The molecule has 0 heterocycles. The molecule has 2 aromatic rings. The van der Waals surface area contributed by atoms with Crippen LogP contribution in [0.1, 0.15) is 36.0 Å². The lowest BCUT2D eigenvalue weighted by atomic mass is 9.99. The van der Waals surface area contributed by atoms with Crippen molar-refractivity contribution in [2.45, 2.75) is 26.2 Å². The van der Waals surface area contributed by atoms with E-state index in [4.69, 9.17) is 28.3 Å². The Bertz CT molecular complexity index is 786. The number of aryl methyl sites for hydroxylation is 1. The summed E-state index contributed by atoms with van der Waals surface area (Å²) in [6.45, 7) is 2.23. The highest BCUT2D eigenvalue weighted by Crippen LogP contribution is 2.29. The Balaban J connectivity index is 2.36. The number of phenolic OH excluding ortho intramolecular Hbond substituents is 1. The van der Waals surface area contributed by atoms with Crippen LogP contribution in [-0.2, 0) is 4.79 Å². The maximum absolute atomic E-state index is 10.6. The van der Waals surface area contributed by atoms with Gasteiger partial charge >= 0.3 is 5.97 Å². The molecule has 2 rings (SSSR count). The molecule has 0 radical (unpaired) electrons. The van der Waals surface area contributed by atoms with E-state index in [1.165, 1.54) is 0 Å². The molecule has 0 aromatic heterocycles. The molecule has 0 aliphatic rings. The molecule has 0 fully saturated rings. The van der Waals surface area contributed by atoms with Crippen LogP contribution in [0.4, 0.5) is 0 Å². The van der Waals surface area contributed by atoms with E-state index in [-0.39, 0.29) is 12.2 Å². The first-order valence-corrected chi connectivity index (χ1v) is 8.65. The maximum atomic E-state index is 10.6. The molecule has 132 valence electrons. The van der Waals surface area contributed by atoms with Crippen LogP contribution in [0.15, 0.2) is 41.4 Å². The SMILES string of the molecule is Cc1cc(Cl)cc(C(=NCCCCC(=O)O)c2ccc(Cl)cc2)c1O. The summed E-state index contributed by atoms with van der Waals surface area (Å²) in [7, 11) is 0. The van der Waals surface area contributed by atoms with E-state index in [9.17, 15) is 9.90 Å². The highest BCUT2D eigenvalue weighted by atomic mass is 35.5. The first-order valence-electron chi connectivity index (χ1n) is 7.90. The number of aliphatic carboxylic acids is 1. The molecule has 0 amide bonds. The summed E-state index contributed by atoms with van der Waals surface area (Å²) in [5.41, 5.74) is 2.62. The van der Waals surface area contributed by atoms with Gasteiger partial charge in [-0.25, -0.2) is 0 Å². The fraction of sp³-hybridized carbons (Fsp3) is 0.263. The number of halogens is 2. The van der Waals surface area contributed by atoms with Crippen molar-refractivity contribution in [3.8, 4) is 5.75 Å². The van der Waals surface area contributed by atoms with Gasteiger partial charge in [0.15, 0.2) is 0 Å². The lowest BCUT2D eigenvalue weighted by molar-refractivity contribution is -0.137. The van der Waals surface area contributed by atoms with Crippen molar-refractivity contribution < 1.29 is 15.0 Å². The summed E-state index contributed by atoms with van der Waals surface area (Å²) in [6.07, 6.45) is 1.31. The Morgan fingerprint density at radius 1 is 1.08 bits per heavy atom. The molecule has 2 aromatic carbocycles. The second-order valence-corrected chi connectivity index (χ2v) is 6.58. The maximum Gasteiger partial charge on any atom is 0.303 e. The van der Waals surface area contributed by atoms with Crippen LogP contribution < -0.4 is 0 Å². The predicted octanol–water partition coefficient (Wildman–Crippen LogP) is 5.10. The van der Waals surface area contributed by atoms with Crippen molar-refractivity contribution in [2.75, 3.05) is 6.54 Å². The van der Waals surface area contributed by atoms with Gasteiger partial charge in [0.25, 0.3) is 0 Å². The van der Waals surface area contributed by atoms with Gasteiger partial charge in [-0.05, 0) is 49.6 Å². The molecular weight excluding hydrogens is 361 g/mol. The van der Waals surface area contributed by atoms with E-state index in [1.807, 2.05) is 12.1 Å². The number of rotatable bonds is 7. The zero-order chi connectivity index (χ0) is 18.4. The van der Waals surface area contributed by atoms with Crippen LogP contribution in [0.3, 0.4) is 0 Å². The van der Waals surface area contributed by atoms with Gasteiger partial charge in [0, 0.05) is 34.1 Å². The standard InChI is InChI=1S/C19H19Cl2NO3/c1-12-10-15(21)11-16(19(12)25)18(13-5-7-14(20)8-6-13)22-9-3-2-4-17(23)24/h5-8,10-11,25H,2-4,9H2,1H3,(H,23,24). The number of carboxylic acid groups (broad SMARTS) is 1. The molecule has 0 spiro atoms. The average molecular weight is 380 g/mol. The zero-order valence-corrected chi connectivity index (χ0v) is 15.3. The summed E-state index contributed by atoms with van der Waals surface area (Å²) in [5.74, 6) is -0.686. The first-order chi connectivity index (χ1) is 11.9. The molecule has 0 saturated carbocycles. The molecule has 2 N–H and O–H groups in total. The van der Waals surface area contributed by atoms with Crippen molar-refractivity contribution in [1.29, 1.82) is 0 Å². The Hall–Kier alpha value is -2.04. The number of nitrogens with zero attached hydrogens (tertiary/aromatic N) is 1. The molecule has 0 aliphatic carbocycles. The third-order valence-corrected chi connectivity index (χ3v) is 4.18. The molecule has 0 unspecified atom stereocenters. The lowest BCUT2D eigenvalue weighted by Gasteiger charge is -2.12. The monoisotopic (exact) mass is 379 g/mol. The fourth-order valence-electron chi connectivity index (χ4n) is 2.43. The van der Waals surface area contributed by atoms with Crippen molar-refractivity contribution in [2.24, 2.45) is 4.99 Å². The van der Waals surface area contributed by atoms with Crippen molar-refractivity contribution in [1.82, 2.24) is 0 Å². The van der Waals surface area contributed by atoms with Crippen LogP contribution >= 0.6 is 23.2 Å². The van der Waals surface area contributed by atoms with Crippen LogP contribution in [0.25, 0.3) is 0 Å². The number of hydrogen-bond acceptors (Lipinski definition) is 3. The summed E-state index contributed by atoms with van der Waals surface area (Å²) >= 11 is 12.1. The molecule has 0 atom stereocenters. The first kappa shape index (κ1) is 19.3. The highest BCUT2D eigenvalue weighted by Gasteiger charge is 2.14. The van der Waals surface area contributed by atoms with Gasteiger partial charge in [-0.15, -0.1) is 0 Å². The minimum absolute atomic E-state index is 0.118. The smallest absolute Gasteiger partial charge is 0.303 e. The van der Waals surface area contributed by atoms with E-state index in [0.29, 0.717) is 46.3 Å². The van der Waals surface area contributed by atoms with Crippen LogP contribution in [0.2, 0.25) is 10.0 Å². The van der Waals surface area contributed by atoms with Gasteiger partial charge in [0.2, 0.25) is 0 Å². The topological polar surface area (TPSA) is 69.9 Å². The Morgan fingerprint density at radius 3 is 2.40 bits per heavy atom. The Morgan fingerprint density at radius 2 is 1.76 bits per heavy atom. The van der Waals surface area contributed by atoms with E-state index < -0.39 is 5.97 Å².